The number of phenolic OH excluding ortho intramolecular Hbond substituents is 1. The Kier molecular flexibility index (Phi) is 9.98. The summed E-state index contributed by atoms with van der Waals surface area (Å²) < 4.78 is 88.0. The third kappa shape index (κ3) is 9.09. The fourth-order valence-electron chi connectivity index (χ4n) is 8.58. The van der Waals surface area contributed by atoms with Crippen LogP contribution in [0.1, 0.15) is 116 Å². The molecule has 0 aliphatic heterocycles. The van der Waals surface area contributed by atoms with Gasteiger partial charge in [-0.25, -0.2) is 4.98 Å². The van der Waals surface area contributed by atoms with Gasteiger partial charge in [-0.2, -0.15) is 0 Å². The van der Waals surface area contributed by atoms with Crippen molar-refractivity contribution in [2.24, 2.45) is 0 Å². The van der Waals surface area contributed by atoms with Gasteiger partial charge >= 0.3 is 0 Å². The molecule has 0 saturated heterocycles. The molecule has 7 aromatic carbocycles. The van der Waals surface area contributed by atoms with E-state index in [-0.39, 0.29) is 38.7 Å². The molecule has 2 aromatic heterocycles. The third-order valence-corrected chi connectivity index (χ3v) is 12.2. The van der Waals surface area contributed by atoms with Crippen LogP contribution in [0.15, 0.2) is 164 Å². The first-order valence-corrected chi connectivity index (χ1v) is 22.1. The van der Waals surface area contributed by atoms with Gasteiger partial charge < -0.3 is 5.11 Å². The van der Waals surface area contributed by atoms with Crippen molar-refractivity contribution in [2.45, 2.75) is 85.2 Å². The maximum atomic E-state index is 12.4. The van der Waals surface area contributed by atoms with Crippen LogP contribution in [0.2, 0.25) is 0 Å². The second kappa shape index (κ2) is 18.9. The molecule has 334 valence electrons. The standard InChI is InChI=1S/C61H58N3O.Pt/c1-38(2)41-23-25-43(26-24-41)45-29-30-62-55(36-45)49-32-47(42-17-12-10-13-18-42)31-48(33-49)51-21-16-22-57-58(51)63-60(54-35-46(39(3)4)34-52(40(5)6)59(54)65)64(57)56-28-27-50(61(7,8)9)37-53(56)44-19-14-11-15-20-44;/h10-32,34-40,65H,1-9H3;/q-1;/i7D3,8D3,9D3,38D;. The molecule has 0 aliphatic carbocycles. The Hall–Kier alpha value is -6.35. The number of phenols is 1. The van der Waals surface area contributed by atoms with E-state index in [1.54, 1.807) is 36.5 Å². The molecule has 5 heteroatoms. The van der Waals surface area contributed by atoms with Crippen LogP contribution < -0.4 is 0 Å². The Morgan fingerprint density at radius 1 is 0.591 bits per heavy atom. The number of imidazole rings is 1. The summed E-state index contributed by atoms with van der Waals surface area (Å²) in [7, 11) is 0. The van der Waals surface area contributed by atoms with Crippen LogP contribution in [-0.4, -0.2) is 19.6 Å². The second-order valence-electron chi connectivity index (χ2n) is 17.7. The quantitative estimate of drug-likeness (QED) is 0.139. The van der Waals surface area contributed by atoms with E-state index in [2.05, 4.69) is 32.0 Å². The minimum Gasteiger partial charge on any atom is -0.507 e. The number of pyridine rings is 1. The molecule has 0 saturated carbocycles. The van der Waals surface area contributed by atoms with Gasteiger partial charge in [-0.05, 0) is 98.0 Å². The predicted molar refractivity (Wildman–Crippen MR) is 273 cm³/mol. The van der Waals surface area contributed by atoms with Crippen LogP contribution in [0.4, 0.5) is 0 Å². The zero-order valence-corrected chi connectivity index (χ0v) is 40.1. The van der Waals surface area contributed by atoms with Crippen molar-refractivity contribution in [3.63, 3.8) is 0 Å². The van der Waals surface area contributed by atoms with Gasteiger partial charge in [0.2, 0.25) is 0 Å². The summed E-state index contributed by atoms with van der Waals surface area (Å²) >= 11 is 0. The van der Waals surface area contributed by atoms with Crippen LogP contribution in [0.3, 0.4) is 0 Å². The largest absolute Gasteiger partial charge is 0.507 e. The van der Waals surface area contributed by atoms with E-state index >= 15 is 0 Å². The molecule has 9 rings (SSSR count). The van der Waals surface area contributed by atoms with E-state index in [0.29, 0.717) is 61.6 Å². The Balaban J connectivity index is 0.00000765. The Bertz CT molecular complexity index is 3520. The van der Waals surface area contributed by atoms with E-state index in [1.165, 1.54) is 12.1 Å². The predicted octanol–water partition coefficient (Wildman–Crippen LogP) is 16.6. The Labute approximate surface area is 419 Å². The molecule has 66 heavy (non-hydrogen) atoms. The monoisotopic (exact) mass is 1050 g/mol. The van der Waals surface area contributed by atoms with Crippen molar-refractivity contribution >= 4 is 11.0 Å². The molecule has 2 heterocycles. The minimum absolute atomic E-state index is 0. The minimum atomic E-state index is -3.50. The fraction of sp³-hybridized carbons (Fsp3) is 0.213. The van der Waals surface area contributed by atoms with Crippen LogP contribution in [0.5, 0.6) is 5.75 Å². The number of hydrogen-bond donors (Lipinski definition) is 1. The first kappa shape index (κ1) is 34.9. The average molecular weight is 1050 g/mol. The van der Waals surface area contributed by atoms with E-state index in [9.17, 15) is 5.11 Å². The van der Waals surface area contributed by atoms with Gasteiger partial charge in [-0.15, -0.1) is 23.8 Å². The SMILES string of the molecule is [2H]C(C)(C)c1ccc(-c2ccnc(-c3[c-]c(-c4cccc5c4nc(-c4cc(C(C)C)cc(C(C)C)c4O)n5-c4ccc(C(C([2H])([2H])[2H])(C([2H])([2H])[2H])C([2H])([2H])[2H])cc4-c4ccccc4)cc(-c4ccccc4)c3)c2)cc1.[Pt]. The molecule has 0 aliphatic rings. The molecule has 0 unspecified atom stereocenters. The zero-order chi connectivity index (χ0) is 54.0. The van der Waals surface area contributed by atoms with Crippen molar-refractivity contribution in [2.75, 3.05) is 0 Å². The van der Waals surface area contributed by atoms with Crippen molar-refractivity contribution in [3.8, 4) is 78.6 Å². The number of fused-ring (bicyclic) bond motifs is 1. The van der Waals surface area contributed by atoms with Gasteiger partial charge in [0, 0.05) is 52.2 Å². The fourth-order valence-corrected chi connectivity index (χ4v) is 8.58. The van der Waals surface area contributed by atoms with E-state index in [4.69, 9.17) is 23.7 Å². The van der Waals surface area contributed by atoms with Gasteiger partial charge in [0.25, 0.3) is 0 Å². The van der Waals surface area contributed by atoms with Crippen LogP contribution in [0, 0.1) is 6.07 Å². The first-order chi connectivity index (χ1) is 35.3. The average Bonchev–Trinajstić information content (AvgIpc) is 3.75. The van der Waals surface area contributed by atoms with Crippen LogP contribution in [-0.2, 0) is 26.5 Å². The van der Waals surface area contributed by atoms with E-state index in [1.807, 2.05) is 135 Å². The summed E-state index contributed by atoms with van der Waals surface area (Å²) in [5.41, 5.74) is 8.36. The van der Waals surface area contributed by atoms with Crippen molar-refractivity contribution < 1.29 is 39.9 Å². The molecule has 9 aromatic rings. The normalized spacial score (nSPS) is 14.7. The van der Waals surface area contributed by atoms with Gasteiger partial charge in [0.1, 0.15) is 11.6 Å². The molecule has 0 radical (unpaired) electrons. The molecular weight excluding hydrogens is 986 g/mol. The number of para-hydroxylation sites is 1. The number of aromatic hydroxyl groups is 1. The zero-order valence-electron chi connectivity index (χ0n) is 47.8. The van der Waals surface area contributed by atoms with Crippen molar-refractivity contribution in [3.05, 3.63) is 192 Å². The maximum absolute atomic E-state index is 12.4. The third-order valence-electron chi connectivity index (χ3n) is 12.2. The van der Waals surface area contributed by atoms with Crippen LogP contribution >= 0.6 is 0 Å². The Morgan fingerprint density at radius 2 is 1.27 bits per heavy atom. The molecule has 0 atom stereocenters. The molecule has 0 spiro atoms. The summed E-state index contributed by atoms with van der Waals surface area (Å²) in [5, 5.41) is 12.4. The number of aromatic nitrogens is 3. The van der Waals surface area contributed by atoms with E-state index in [0.717, 1.165) is 38.9 Å². The van der Waals surface area contributed by atoms with Gasteiger partial charge in [-0.3, -0.25) is 9.55 Å². The number of nitrogens with zero attached hydrogens (tertiary/aromatic N) is 3. The van der Waals surface area contributed by atoms with Crippen LogP contribution in [0.25, 0.3) is 83.9 Å². The number of rotatable bonds is 10. The smallest absolute Gasteiger partial charge is 0.148 e. The molecule has 0 amide bonds. The maximum Gasteiger partial charge on any atom is 0.148 e. The molecule has 0 fully saturated rings. The topological polar surface area (TPSA) is 50.9 Å². The summed E-state index contributed by atoms with van der Waals surface area (Å²) in [6, 6.07) is 52.8. The first-order valence-electron chi connectivity index (χ1n) is 27.1. The Morgan fingerprint density at radius 3 is 1.94 bits per heavy atom. The van der Waals surface area contributed by atoms with Gasteiger partial charge in [-0.1, -0.05) is 194 Å². The van der Waals surface area contributed by atoms with Gasteiger partial charge in [0.05, 0.1) is 22.3 Å². The van der Waals surface area contributed by atoms with Crippen molar-refractivity contribution in [1.29, 1.82) is 0 Å². The number of hydrogen-bond acceptors (Lipinski definition) is 3. The summed E-state index contributed by atoms with van der Waals surface area (Å²) in [4.78, 5) is 10.4. The van der Waals surface area contributed by atoms with Gasteiger partial charge in [0.15, 0.2) is 0 Å². The molecule has 1 N–H and O–H groups in total. The summed E-state index contributed by atoms with van der Waals surface area (Å²) in [6.45, 7) is 1.41. The summed E-state index contributed by atoms with van der Waals surface area (Å²) in [5.74, 6) is -0.408. The van der Waals surface area contributed by atoms with E-state index < -0.39 is 37.4 Å². The molecule has 0 bridgehead atoms. The van der Waals surface area contributed by atoms with Crippen molar-refractivity contribution in [1.82, 2.24) is 14.5 Å². The summed E-state index contributed by atoms with van der Waals surface area (Å²) in [6.07, 6.45) is 1.78. The number of benzene rings is 7. The molecule has 4 nitrogen and oxygen atoms in total. The molecular formula is C61H58N3OPt-. The second-order valence-corrected chi connectivity index (χ2v) is 17.7.